The number of ether oxygens (including phenoxy) is 2. The van der Waals surface area contributed by atoms with Gasteiger partial charge in [-0.2, -0.15) is 4.98 Å². The van der Waals surface area contributed by atoms with Gasteiger partial charge in [0.25, 0.3) is 5.56 Å². The minimum Gasteiger partial charge on any atom is -0.468 e. The molecule has 0 saturated carbocycles. The molecule has 0 bridgehead atoms. The second-order valence-electron chi connectivity index (χ2n) is 3.89. The van der Waals surface area contributed by atoms with Crippen LogP contribution < -0.4 is 10.3 Å². The van der Waals surface area contributed by atoms with Crippen molar-refractivity contribution in [2.45, 2.75) is 24.5 Å². The minimum absolute atomic E-state index is 0.0441. The highest BCUT2D eigenvalue weighted by molar-refractivity contribution is 5.03. The Bertz CT molecular complexity index is 476. The first-order valence-electron chi connectivity index (χ1n) is 5.34. The van der Waals surface area contributed by atoms with Crippen LogP contribution in [0.3, 0.4) is 0 Å². The molecule has 100 valence electrons. The van der Waals surface area contributed by atoms with Gasteiger partial charge in [-0.1, -0.05) is 0 Å². The first-order chi connectivity index (χ1) is 8.58. The topological polar surface area (TPSA) is 114 Å². The summed E-state index contributed by atoms with van der Waals surface area (Å²) < 4.78 is 11.5. The molecule has 0 aromatic carbocycles. The third-order valence-electron chi connectivity index (χ3n) is 2.78. The van der Waals surface area contributed by atoms with Crippen molar-refractivity contribution in [3.8, 4) is 6.01 Å². The van der Waals surface area contributed by atoms with E-state index >= 15 is 0 Å². The zero-order valence-corrected chi connectivity index (χ0v) is 9.63. The van der Waals surface area contributed by atoms with Gasteiger partial charge in [-0.25, -0.2) is 0 Å². The van der Waals surface area contributed by atoms with E-state index in [1.807, 2.05) is 0 Å². The summed E-state index contributed by atoms with van der Waals surface area (Å²) in [4.78, 5) is 14.7. The predicted molar refractivity (Wildman–Crippen MR) is 58.1 cm³/mol. The van der Waals surface area contributed by atoms with E-state index in [2.05, 4.69) is 4.98 Å². The largest absolute Gasteiger partial charge is 0.468 e. The highest BCUT2D eigenvalue weighted by Gasteiger charge is 2.43. The maximum atomic E-state index is 11.1. The Kier molecular flexibility index (Phi) is 3.62. The average Bonchev–Trinajstić information content (AvgIpc) is 2.66. The molecular weight excluding hydrogens is 244 g/mol. The van der Waals surface area contributed by atoms with Crippen molar-refractivity contribution in [2.24, 2.45) is 0 Å². The van der Waals surface area contributed by atoms with Gasteiger partial charge in [-0.05, 0) is 0 Å². The quantitative estimate of drug-likeness (QED) is 0.567. The summed E-state index contributed by atoms with van der Waals surface area (Å²) in [5, 5.41) is 28.5. The van der Waals surface area contributed by atoms with E-state index < -0.39 is 36.7 Å². The molecule has 1 aromatic heterocycles. The number of aromatic nitrogens is 2. The monoisotopic (exact) mass is 258 g/mol. The highest BCUT2D eigenvalue weighted by atomic mass is 16.6. The number of rotatable bonds is 3. The number of aliphatic hydroxyl groups excluding tert-OH is 3. The number of hydrogen-bond donors (Lipinski definition) is 3. The zero-order valence-electron chi connectivity index (χ0n) is 9.63. The molecule has 1 saturated heterocycles. The molecule has 4 atom stereocenters. The van der Waals surface area contributed by atoms with Gasteiger partial charge in [-0.3, -0.25) is 9.36 Å². The first kappa shape index (κ1) is 13.0. The van der Waals surface area contributed by atoms with E-state index in [9.17, 15) is 15.0 Å². The molecule has 0 spiro atoms. The Hall–Kier alpha value is -1.48. The van der Waals surface area contributed by atoms with Gasteiger partial charge in [0.15, 0.2) is 6.23 Å². The lowest BCUT2D eigenvalue weighted by Gasteiger charge is -2.19. The molecule has 8 nitrogen and oxygen atoms in total. The molecule has 1 aliphatic heterocycles. The number of aliphatic hydroxyl groups is 3. The summed E-state index contributed by atoms with van der Waals surface area (Å²) in [5.41, 5.74) is -0.491. The maximum absolute atomic E-state index is 11.1. The fourth-order valence-corrected chi connectivity index (χ4v) is 1.85. The molecule has 1 aliphatic rings. The number of hydrogen-bond acceptors (Lipinski definition) is 7. The lowest BCUT2D eigenvalue weighted by atomic mass is 10.1. The van der Waals surface area contributed by atoms with Gasteiger partial charge in [0.2, 0.25) is 0 Å². The minimum atomic E-state index is -1.25. The third-order valence-corrected chi connectivity index (χ3v) is 2.78. The normalized spacial score (nSPS) is 31.6. The fraction of sp³-hybridized carbons (Fsp3) is 0.600. The molecule has 0 aliphatic carbocycles. The van der Waals surface area contributed by atoms with Crippen LogP contribution in [0.5, 0.6) is 6.01 Å². The Morgan fingerprint density at radius 1 is 1.50 bits per heavy atom. The van der Waals surface area contributed by atoms with Gasteiger partial charge >= 0.3 is 6.01 Å². The SMILES string of the molecule is COc1nc(=O)ccn1C1OC(CO)C(O)C1O. The van der Waals surface area contributed by atoms with E-state index in [0.29, 0.717) is 0 Å². The lowest BCUT2D eigenvalue weighted by molar-refractivity contribution is -0.0564. The number of methoxy groups -OCH3 is 1. The van der Waals surface area contributed by atoms with Crippen LogP contribution in [0.15, 0.2) is 17.1 Å². The molecule has 2 rings (SSSR count). The van der Waals surface area contributed by atoms with E-state index in [-0.39, 0.29) is 6.01 Å². The van der Waals surface area contributed by atoms with Crippen molar-refractivity contribution in [3.63, 3.8) is 0 Å². The van der Waals surface area contributed by atoms with Crippen LogP contribution in [-0.2, 0) is 4.74 Å². The van der Waals surface area contributed by atoms with Gasteiger partial charge < -0.3 is 24.8 Å². The lowest BCUT2D eigenvalue weighted by Crippen LogP contribution is -2.33. The maximum Gasteiger partial charge on any atom is 0.301 e. The van der Waals surface area contributed by atoms with Crippen molar-refractivity contribution in [2.75, 3.05) is 13.7 Å². The predicted octanol–water partition coefficient (Wildman–Crippen LogP) is -2.14. The van der Waals surface area contributed by atoms with Crippen LogP contribution in [0.25, 0.3) is 0 Å². The van der Waals surface area contributed by atoms with Crippen molar-refractivity contribution in [1.82, 2.24) is 9.55 Å². The number of nitrogens with zero attached hydrogens (tertiary/aromatic N) is 2. The molecular formula is C10H14N2O6. The molecule has 0 radical (unpaired) electrons. The molecule has 2 heterocycles. The van der Waals surface area contributed by atoms with E-state index in [0.717, 1.165) is 0 Å². The van der Waals surface area contributed by atoms with Crippen molar-refractivity contribution < 1.29 is 24.8 Å². The van der Waals surface area contributed by atoms with Gasteiger partial charge in [0.1, 0.15) is 18.3 Å². The van der Waals surface area contributed by atoms with Crippen LogP contribution >= 0.6 is 0 Å². The van der Waals surface area contributed by atoms with Crippen LogP contribution in [-0.4, -0.2) is 56.9 Å². The third kappa shape index (κ3) is 2.10. The Morgan fingerprint density at radius 3 is 2.78 bits per heavy atom. The average molecular weight is 258 g/mol. The summed E-state index contributed by atoms with van der Waals surface area (Å²) in [5.74, 6) is 0. The Labute approximate surface area is 102 Å². The summed E-state index contributed by atoms with van der Waals surface area (Å²) >= 11 is 0. The Morgan fingerprint density at radius 2 is 2.22 bits per heavy atom. The smallest absolute Gasteiger partial charge is 0.301 e. The molecule has 8 heteroatoms. The van der Waals surface area contributed by atoms with Crippen molar-refractivity contribution in [3.05, 3.63) is 22.6 Å². The van der Waals surface area contributed by atoms with E-state index in [4.69, 9.17) is 14.6 Å². The fourth-order valence-electron chi connectivity index (χ4n) is 1.85. The Balaban J connectivity index is 2.35. The molecule has 18 heavy (non-hydrogen) atoms. The standard InChI is InChI=1S/C10H14N2O6/c1-17-10-11-6(14)2-3-12(10)9-8(16)7(15)5(4-13)18-9/h2-3,5,7-9,13,15-16H,4H2,1H3. The molecule has 1 aromatic rings. The van der Waals surface area contributed by atoms with Crippen molar-refractivity contribution in [1.29, 1.82) is 0 Å². The van der Waals surface area contributed by atoms with Gasteiger partial charge in [0, 0.05) is 12.3 Å². The van der Waals surface area contributed by atoms with Crippen LogP contribution in [0.2, 0.25) is 0 Å². The molecule has 4 unspecified atom stereocenters. The zero-order chi connectivity index (χ0) is 13.3. The van der Waals surface area contributed by atoms with Gasteiger partial charge in [0.05, 0.1) is 13.7 Å². The van der Waals surface area contributed by atoms with E-state index in [1.54, 1.807) is 0 Å². The molecule has 0 amide bonds. The highest BCUT2D eigenvalue weighted by Crippen LogP contribution is 2.30. The van der Waals surface area contributed by atoms with Gasteiger partial charge in [-0.15, -0.1) is 0 Å². The second kappa shape index (κ2) is 5.02. The molecule has 3 N–H and O–H groups in total. The van der Waals surface area contributed by atoms with Crippen LogP contribution in [0.4, 0.5) is 0 Å². The summed E-state index contributed by atoms with van der Waals surface area (Å²) in [6.07, 6.45) is -2.99. The van der Waals surface area contributed by atoms with Crippen LogP contribution in [0.1, 0.15) is 6.23 Å². The summed E-state index contributed by atoms with van der Waals surface area (Å²) in [7, 11) is 1.32. The van der Waals surface area contributed by atoms with Crippen LogP contribution in [0, 0.1) is 0 Å². The summed E-state index contributed by atoms with van der Waals surface area (Å²) in [6.45, 7) is -0.426. The second-order valence-corrected chi connectivity index (χ2v) is 3.89. The molecule has 1 fully saturated rings. The summed E-state index contributed by atoms with van der Waals surface area (Å²) in [6, 6.07) is 1.13. The van der Waals surface area contributed by atoms with Crippen molar-refractivity contribution >= 4 is 0 Å². The first-order valence-corrected chi connectivity index (χ1v) is 5.34. The van der Waals surface area contributed by atoms with E-state index in [1.165, 1.54) is 23.9 Å².